The van der Waals surface area contributed by atoms with Gasteiger partial charge in [-0.15, -0.1) is 0 Å². The molecule has 0 spiro atoms. The lowest BCUT2D eigenvalue weighted by Crippen LogP contribution is -2.02. The van der Waals surface area contributed by atoms with Gasteiger partial charge in [0.05, 0.1) is 18.4 Å². The van der Waals surface area contributed by atoms with Gasteiger partial charge in [-0.1, -0.05) is 18.2 Å². The average Bonchev–Trinajstić information content (AvgIpc) is 2.88. The van der Waals surface area contributed by atoms with Crippen molar-refractivity contribution in [2.45, 2.75) is 13.5 Å². The predicted molar refractivity (Wildman–Crippen MR) is 80.2 cm³/mol. The molecule has 0 radical (unpaired) electrons. The van der Waals surface area contributed by atoms with Gasteiger partial charge in [0.25, 0.3) is 0 Å². The van der Waals surface area contributed by atoms with Gasteiger partial charge in [0.2, 0.25) is 0 Å². The van der Waals surface area contributed by atoms with Crippen LogP contribution in [0, 0.1) is 6.92 Å². The van der Waals surface area contributed by atoms with Crippen LogP contribution in [-0.4, -0.2) is 14.8 Å². The van der Waals surface area contributed by atoms with Crippen molar-refractivity contribution < 1.29 is 0 Å². The normalized spacial score (nSPS) is 10.7. The van der Waals surface area contributed by atoms with Crippen molar-refractivity contribution in [1.29, 1.82) is 0 Å². The van der Waals surface area contributed by atoms with Gasteiger partial charge >= 0.3 is 0 Å². The highest BCUT2D eigenvalue weighted by atomic mass is 15.3. The van der Waals surface area contributed by atoms with E-state index in [4.69, 9.17) is 5.73 Å². The molecular formula is C16H16N4. The Kier molecular flexibility index (Phi) is 3.21. The van der Waals surface area contributed by atoms with Crippen LogP contribution in [0.5, 0.6) is 0 Å². The van der Waals surface area contributed by atoms with E-state index < -0.39 is 0 Å². The highest BCUT2D eigenvalue weighted by Crippen LogP contribution is 2.19. The van der Waals surface area contributed by atoms with E-state index in [-0.39, 0.29) is 0 Å². The first-order valence-corrected chi connectivity index (χ1v) is 6.51. The van der Waals surface area contributed by atoms with Crippen LogP contribution in [0.1, 0.15) is 11.4 Å². The summed E-state index contributed by atoms with van der Waals surface area (Å²) < 4.78 is 1.90. The van der Waals surface area contributed by atoms with Gasteiger partial charge in [0.1, 0.15) is 0 Å². The molecule has 0 fully saturated rings. The molecule has 100 valence electrons. The zero-order valence-corrected chi connectivity index (χ0v) is 11.3. The standard InChI is InChI=1S/C16H16N4/c1-12-3-2-4-16(19-12)11-20-10-14(9-18-20)13-5-7-15(17)8-6-13/h2-10H,11,17H2,1H3. The molecule has 0 aliphatic carbocycles. The maximum absolute atomic E-state index is 5.70. The SMILES string of the molecule is Cc1cccc(Cn2cc(-c3ccc(N)cc3)cn2)n1. The molecule has 3 rings (SSSR count). The number of hydrogen-bond acceptors (Lipinski definition) is 3. The topological polar surface area (TPSA) is 56.7 Å². The largest absolute Gasteiger partial charge is 0.399 e. The Hall–Kier alpha value is -2.62. The van der Waals surface area contributed by atoms with E-state index in [1.165, 1.54) is 0 Å². The molecule has 4 heteroatoms. The molecule has 2 heterocycles. The number of pyridine rings is 1. The van der Waals surface area contributed by atoms with E-state index in [2.05, 4.69) is 10.1 Å². The molecule has 20 heavy (non-hydrogen) atoms. The Bertz CT molecular complexity index is 713. The number of aryl methyl sites for hydroxylation is 1. The first-order valence-electron chi connectivity index (χ1n) is 6.51. The third-order valence-corrected chi connectivity index (χ3v) is 3.15. The van der Waals surface area contributed by atoms with Crippen molar-refractivity contribution in [3.63, 3.8) is 0 Å². The highest BCUT2D eigenvalue weighted by molar-refractivity contribution is 5.63. The monoisotopic (exact) mass is 264 g/mol. The summed E-state index contributed by atoms with van der Waals surface area (Å²) in [6, 6.07) is 13.8. The molecule has 0 saturated heterocycles. The second-order valence-electron chi connectivity index (χ2n) is 4.82. The molecule has 0 amide bonds. The summed E-state index contributed by atoms with van der Waals surface area (Å²) in [5.41, 5.74) is 10.7. The number of benzene rings is 1. The Morgan fingerprint density at radius 3 is 2.60 bits per heavy atom. The van der Waals surface area contributed by atoms with Crippen molar-refractivity contribution in [2.75, 3.05) is 5.73 Å². The fourth-order valence-electron chi connectivity index (χ4n) is 2.13. The number of nitrogens with zero attached hydrogens (tertiary/aromatic N) is 3. The molecule has 0 atom stereocenters. The fourth-order valence-corrected chi connectivity index (χ4v) is 2.13. The number of rotatable bonds is 3. The van der Waals surface area contributed by atoms with E-state index in [0.717, 1.165) is 28.2 Å². The number of nitrogens with two attached hydrogens (primary N) is 1. The first kappa shape index (κ1) is 12.4. The fraction of sp³-hybridized carbons (Fsp3) is 0.125. The molecular weight excluding hydrogens is 248 g/mol. The maximum Gasteiger partial charge on any atom is 0.0831 e. The molecule has 1 aromatic carbocycles. The van der Waals surface area contributed by atoms with Crippen LogP contribution in [-0.2, 0) is 6.54 Å². The van der Waals surface area contributed by atoms with Gasteiger partial charge in [-0.3, -0.25) is 9.67 Å². The summed E-state index contributed by atoms with van der Waals surface area (Å²) >= 11 is 0. The van der Waals surface area contributed by atoms with Gasteiger partial charge in [0, 0.05) is 23.1 Å². The van der Waals surface area contributed by atoms with Gasteiger partial charge < -0.3 is 5.73 Å². The van der Waals surface area contributed by atoms with Crippen LogP contribution in [0.4, 0.5) is 5.69 Å². The number of hydrogen-bond donors (Lipinski definition) is 1. The Morgan fingerprint density at radius 2 is 1.85 bits per heavy atom. The summed E-state index contributed by atoms with van der Waals surface area (Å²) in [5.74, 6) is 0. The van der Waals surface area contributed by atoms with Crippen molar-refractivity contribution in [3.8, 4) is 11.1 Å². The Balaban J connectivity index is 1.82. The highest BCUT2D eigenvalue weighted by Gasteiger charge is 2.03. The van der Waals surface area contributed by atoms with E-state index in [1.807, 2.05) is 66.5 Å². The minimum atomic E-state index is 0.677. The molecule has 0 aliphatic rings. The van der Waals surface area contributed by atoms with Crippen molar-refractivity contribution in [3.05, 3.63) is 66.2 Å². The Labute approximate surface area is 117 Å². The predicted octanol–water partition coefficient (Wildman–Crippen LogP) is 2.88. The van der Waals surface area contributed by atoms with Gasteiger partial charge in [-0.05, 0) is 36.8 Å². The lowest BCUT2D eigenvalue weighted by atomic mass is 10.1. The minimum absolute atomic E-state index is 0.677. The first-order chi connectivity index (χ1) is 9.70. The summed E-state index contributed by atoms with van der Waals surface area (Å²) in [7, 11) is 0. The molecule has 0 unspecified atom stereocenters. The van der Waals surface area contributed by atoms with Crippen LogP contribution in [0.2, 0.25) is 0 Å². The van der Waals surface area contributed by atoms with E-state index >= 15 is 0 Å². The molecule has 2 aromatic heterocycles. The number of anilines is 1. The lowest BCUT2D eigenvalue weighted by molar-refractivity contribution is 0.671. The number of aromatic nitrogens is 3. The van der Waals surface area contributed by atoms with E-state index in [9.17, 15) is 0 Å². The molecule has 0 saturated carbocycles. The molecule has 3 aromatic rings. The van der Waals surface area contributed by atoms with Crippen LogP contribution in [0.15, 0.2) is 54.9 Å². The van der Waals surface area contributed by atoms with Crippen LogP contribution >= 0.6 is 0 Å². The van der Waals surface area contributed by atoms with Crippen LogP contribution < -0.4 is 5.73 Å². The van der Waals surface area contributed by atoms with Crippen molar-refractivity contribution in [2.24, 2.45) is 0 Å². The zero-order chi connectivity index (χ0) is 13.9. The van der Waals surface area contributed by atoms with Gasteiger partial charge in [0.15, 0.2) is 0 Å². The van der Waals surface area contributed by atoms with Gasteiger partial charge in [-0.25, -0.2) is 0 Å². The summed E-state index contributed by atoms with van der Waals surface area (Å²) in [5, 5.41) is 4.39. The number of nitrogen functional groups attached to an aromatic ring is 1. The molecule has 0 bridgehead atoms. The van der Waals surface area contributed by atoms with Crippen LogP contribution in [0.3, 0.4) is 0 Å². The average molecular weight is 264 g/mol. The van der Waals surface area contributed by atoms with E-state index in [1.54, 1.807) is 0 Å². The van der Waals surface area contributed by atoms with E-state index in [0.29, 0.717) is 6.54 Å². The van der Waals surface area contributed by atoms with Crippen molar-refractivity contribution >= 4 is 5.69 Å². The molecule has 0 aliphatic heterocycles. The summed E-state index contributed by atoms with van der Waals surface area (Å²) in [6.07, 6.45) is 3.89. The van der Waals surface area contributed by atoms with Crippen molar-refractivity contribution in [1.82, 2.24) is 14.8 Å². The quantitative estimate of drug-likeness (QED) is 0.740. The second-order valence-corrected chi connectivity index (χ2v) is 4.82. The lowest BCUT2D eigenvalue weighted by Gasteiger charge is -2.02. The summed E-state index contributed by atoms with van der Waals surface area (Å²) in [4.78, 5) is 4.48. The smallest absolute Gasteiger partial charge is 0.0831 e. The second kappa shape index (κ2) is 5.17. The third-order valence-electron chi connectivity index (χ3n) is 3.15. The summed E-state index contributed by atoms with van der Waals surface area (Å²) in [6.45, 7) is 2.67. The molecule has 4 nitrogen and oxygen atoms in total. The van der Waals surface area contributed by atoms with Gasteiger partial charge in [-0.2, -0.15) is 5.10 Å². The Morgan fingerprint density at radius 1 is 1.05 bits per heavy atom. The maximum atomic E-state index is 5.70. The minimum Gasteiger partial charge on any atom is -0.399 e. The zero-order valence-electron chi connectivity index (χ0n) is 11.3. The molecule has 2 N–H and O–H groups in total. The third kappa shape index (κ3) is 2.69. The van der Waals surface area contributed by atoms with Crippen LogP contribution in [0.25, 0.3) is 11.1 Å².